The number of benzene rings is 2. The molecule has 1 unspecified atom stereocenters. The molecule has 1 heterocycles. The van der Waals surface area contributed by atoms with E-state index in [9.17, 15) is 18.4 Å². The average Bonchev–Trinajstić information content (AvgIpc) is 2.62. The molecule has 3 rings (SSSR count). The number of rotatable bonds is 5. The summed E-state index contributed by atoms with van der Waals surface area (Å²) in [6.45, 7) is 0.564. The Hall–Kier alpha value is -2.96. The summed E-state index contributed by atoms with van der Waals surface area (Å²) in [6.07, 6.45) is 0.712. The number of amides is 2. The zero-order valence-corrected chi connectivity index (χ0v) is 13.9. The summed E-state index contributed by atoms with van der Waals surface area (Å²) in [5.74, 6) is -1.86. The molecule has 0 aliphatic carbocycles. The topological polar surface area (TPSA) is 67.4 Å². The molecule has 7 heteroatoms. The first-order chi connectivity index (χ1) is 12.5. The molecule has 2 aromatic rings. The number of halogens is 2. The third-order valence-electron chi connectivity index (χ3n) is 4.11. The van der Waals surface area contributed by atoms with Gasteiger partial charge in [-0.1, -0.05) is 18.2 Å². The van der Waals surface area contributed by atoms with Gasteiger partial charge in [0.1, 0.15) is 17.4 Å². The molecular weight excluding hydrogens is 342 g/mol. The molecule has 2 aromatic carbocycles. The lowest BCUT2D eigenvalue weighted by atomic mass is 10.0. The van der Waals surface area contributed by atoms with Gasteiger partial charge in [0.2, 0.25) is 5.91 Å². The maximum atomic E-state index is 13.5. The maximum absolute atomic E-state index is 13.5. The third kappa shape index (κ3) is 4.17. The van der Waals surface area contributed by atoms with Crippen LogP contribution in [-0.2, 0) is 4.79 Å². The van der Waals surface area contributed by atoms with Gasteiger partial charge in [-0.3, -0.25) is 9.59 Å². The molecule has 0 bridgehead atoms. The fourth-order valence-electron chi connectivity index (χ4n) is 2.82. The van der Waals surface area contributed by atoms with Crippen molar-refractivity contribution in [2.24, 2.45) is 0 Å². The van der Waals surface area contributed by atoms with Gasteiger partial charge in [-0.05, 0) is 18.2 Å². The fourth-order valence-corrected chi connectivity index (χ4v) is 2.82. The van der Waals surface area contributed by atoms with Crippen molar-refractivity contribution in [2.45, 2.75) is 18.9 Å². The van der Waals surface area contributed by atoms with Crippen LogP contribution in [0.1, 0.15) is 34.8 Å². The highest BCUT2D eigenvalue weighted by atomic mass is 19.1. The summed E-state index contributed by atoms with van der Waals surface area (Å²) in [5, 5.41) is 5.37. The highest BCUT2D eigenvalue weighted by Crippen LogP contribution is 2.31. The first-order valence-corrected chi connectivity index (χ1v) is 8.29. The zero-order valence-electron chi connectivity index (χ0n) is 13.9. The van der Waals surface area contributed by atoms with Gasteiger partial charge in [-0.15, -0.1) is 0 Å². The van der Waals surface area contributed by atoms with E-state index in [1.54, 1.807) is 0 Å². The first-order valence-electron chi connectivity index (χ1n) is 8.29. The standard InChI is InChI=1S/C19H18F2N2O3/c20-12-5-6-13(15(21)11-12)19(25)22-9-7-18(24)23-16-8-10-26-17-4-2-1-3-14(16)17/h1-6,11,16H,7-10H2,(H,22,25)(H,23,24). The molecule has 5 nitrogen and oxygen atoms in total. The number of fused-ring (bicyclic) bond motifs is 1. The SMILES string of the molecule is O=C(CCNC(=O)c1ccc(F)cc1F)NC1CCOc2ccccc21. The molecule has 1 aliphatic heterocycles. The lowest BCUT2D eigenvalue weighted by Gasteiger charge is -2.26. The van der Waals surface area contributed by atoms with Crippen LogP contribution in [0.2, 0.25) is 0 Å². The number of ether oxygens (including phenoxy) is 1. The van der Waals surface area contributed by atoms with Crippen molar-refractivity contribution in [1.29, 1.82) is 0 Å². The predicted octanol–water partition coefficient (Wildman–Crippen LogP) is 2.72. The Labute approximate surface area is 149 Å². The van der Waals surface area contributed by atoms with Gasteiger partial charge in [-0.25, -0.2) is 8.78 Å². The van der Waals surface area contributed by atoms with E-state index in [0.717, 1.165) is 23.4 Å². The average molecular weight is 360 g/mol. The molecule has 1 aliphatic rings. The lowest BCUT2D eigenvalue weighted by Crippen LogP contribution is -2.35. The molecule has 0 saturated heterocycles. The van der Waals surface area contributed by atoms with Gasteiger partial charge >= 0.3 is 0 Å². The van der Waals surface area contributed by atoms with Crippen LogP contribution in [0.5, 0.6) is 5.75 Å². The van der Waals surface area contributed by atoms with Crippen molar-refractivity contribution in [2.75, 3.05) is 13.2 Å². The second kappa shape index (κ2) is 7.95. The van der Waals surface area contributed by atoms with E-state index in [0.29, 0.717) is 19.1 Å². The van der Waals surface area contributed by atoms with Crippen LogP contribution < -0.4 is 15.4 Å². The van der Waals surface area contributed by atoms with Crippen LogP contribution in [0.15, 0.2) is 42.5 Å². The van der Waals surface area contributed by atoms with Crippen LogP contribution >= 0.6 is 0 Å². The van der Waals surface area contributed by atoms with Crippen molar-refractivity contribution in [1.82, 2.24) is 10.6 Å². The highest BCUT2D eigenvalue weighted by molar-refractivity contribution is 5.94. The smallest absolute Gasteiger partial charge is 0.254 e. The maximum Gasteiger partial charge on any atom is 0.254 e. The Morgan fingerprint density at radius 3 is 2.77 bits per heavy atom. The zero-order chi connectivity index (χ0) is 18.5. The monoisotopic (exact) mass is 360 g/mol. The summed E-state index contributed by atoms with van der Waals surface area (Å²) in [4.78, 5) is 24.0. The Morgan fingerprint density at radius 2 is 1.96 bits per heavy atom. The van der Waals surface area contributed by atoms with Crippen LogP contribution in [0.3, 0.4) is 0 Å². The van der Waals surface area contributed by atoms with Crippen LogP contribution in [0.25, 0.3) is 0 Å². The van der Waals surface area contributed by atoms with Gasteiger partial charge in [0.15, 0.2) is 0 Å². The quantitative estimate of drug-likeness (QED) is 0.862. The molecule has 0 fully saturated rings. The van der Waals surface area contributed by atoms with Crippen molar-refractivity contribution in [3.05, 3.63) is 65.2 Å². The summed E-state index contributed by atoms with van der Waals surface area (Å²) in [6, 6.07) is 10.1. The van der Waals surface area contributed by atoms with E-state index in [1.807, 2.05) is 24.3 Å². The fraction of sp³-hybridized carbons (Fsp3) is 0.263. The minimum Gasteiger partial charge on any atom is -0.493 e. The van der Waals surface area contributed by atoms with Gasteiger partial charge in [0.05, 0.1) is 18.2 Å². The number of carbonyl (C=O) groups excluding carboxylic acids is 2. The molecule has 1 atom stereocenters. The van der Waals surface area contributed by atoms with E-state index >= 15 is 0 Å². The molecule has 2 amide bonds. The first kappa shape index (κ1) is 17.8. The van der Waals surface area contributed by atoms with E-state index in [-0.39, 0.29) is 30.5 Å². The number of para-hydroxylation sites is 1. The number of carbonyl (C=O) groups is 2. The second-order valence-electron chi connectivity index (χ2n) is 5.93. The summed E-state index contributed by atoms with van der Waals surface area (Å²) in [7, 11) is 0. The Bertz CT molecular complexity index is 826. The highest BCUT2D eigenvalue weighted by Gasteiger charge is 2.22. The van der Waals surface area contributed by atoms with E-state index in [4.69, 9.17) is 4.74 Å². The van der Waals surface area contributed by atoms with Crippen LogP contribution in [0.4, 0.5) is 8.78 Å². The minimum atomic E-state index is -0.939. The Morgan fingerprint density at radius 1 is 1.15 bits per heavy atom. The van der Waals surface area contributed by atoms with Gasteiger partial charge < -0.3 is 15.4 Å². The molecule has 2 N–H and O–H groups in total. The Balaban J connectivity index is 1.50. The normalized spacial score (nSPS) is 15.5. The molecule has 0 spiro atoms. The lowest BCUT2D eigenvalue weighted by molar-refractivity contribution is -0.121. The molecule has 136 valence electrons. The minimum absolute atomic E-state index is 0.0480. The van der Waals surface area contributed by atoms with Gasteiger partial charge in [0, 0.05) is 31.0 Å². The van der Waals surface area contributed by atoms with Crippen LogP contribution in [-0.4, -0.2) is 25.0 Å². The predicted molar refractivity (Wildman–Crippen MR) is 90.7 cm³/mol. The molecular formula is C19H18F2N2O3. The van der Waals surface area contributed by atoms with E-state index < -0.39 is 17.5 Å². The number of hydrogen-bond acceptors (Lipinski definition) is 3. The van der Waals surface area contributed by atoms with Crippen LogP contribution in [0, 0.1) is 11.6 Å². The number of nitrogens with one attached hydrogen (secondary N) is 2. The van der Waals surface area contributed by atoms with E-state index in [2.05, 4.69) is 10.6 Å². The van der Waals surface area contributed by atoms with Crippen molar-refractivity contribution >= 4 is 11.8 Å². The second-order valence-corrected chi connectivity index (χ2v) is 5.93. The van der Waals surface area contributed by atoms with Crippen molar-refractivity contribution < 1.29 is 23.1 Å². The largest absolute Gasteiger partial charge is 0.493 e. The molecule has 0 radical (unpaired) electrons. The summed E-state index contributed by atoms with van der Waals surface area (Å²) in [5.41, 5.74) is 0.662. The molecule has 0 aromatic heterocycles. The van der Waals surface area contributed by atoms with Crippen molar-refractivity contribution in [3.8, 4) is 5.75 Å². The summed E-state index contributed by atoms with van der Waals surface area (Å²) < 4.78 is 32.0. The summed E-state index contributed by atoms with van der Waals surface area (Å²) >= 11 is 0. The van der Waals surface area contributed by atoms with Crippen molar-refractivity contribution in [3.63, 3.8) is 0 Å². The molecule has 26 heavy (non-hydrogen) atoms. The van der Waals surface area contributed by atoms with Gasteiger partial charge in [0.25, 0.3) is 5.91 Å². The Kier molecular flexibility index (Phi) is 5.46. The molecule has 0 saturated carbocycles. The van der Waals surface area contributed by atoms with Gasteiger partial charge in [-0.2, -0.15) is 0 Å². The number of hydrogen-bond donors (Lipinski definition) is 2. The van der Waals surface area contributed by atoms with E-state index in [1.165, 1.54) is 0 Å². The third-order valence-corrected chi connectivity index (χ3v) is 4.11.